The summed E-state index contributed by atoms with van der Waals surface area (Å²) in [6.07, 6.45) is 0. The standard InChI is InChI=1S/BO3.Ca.Gd.2H/c2-1(3)4;;;;/q-3;;+3;;. The molecule has 3 nitrogen and oxygen atoms in total. The van der Waals surface area contributed by atoms with Gasteiger partial charge in [-0.1, -0.05) is 0 Å². The van der Waals surface area contributed by atoms with E-state index >= 15 is 0 Å². The van der Waals surface area contributed by atoms with E-state index in [-0.39, 0.29) is 77.7 Å². The average molecular weight is 258 g/mol. The van der Waals surface area contributed by atoms with Gasteiger partial charge in [0, 0.05) is 0 Å². The van der Waals surface area contributed by atoms with Crippen LogP contribution in [0.2, 0.25) is 0 Å². The molecule has 0 amide bonds. The minimum Gasteiger partial charge on any atom is -0.907 e. The van der Waals surface area contributed by atoms with Gasteiger partial charge in [0.05, 0.1) is 0 Å². The van der Waals surface area contributed by atoms with Gasteiger partial charge < -0.3 is 15.1 Å². The van der Waals surface area contributed by atoms with Crippen LogP contribution in [0.15, 0.2) is 0 Å². The molecule has 0 aliphatic heterocycles. The van der Waals surface area contributed by atoms with Crippen LogP contribution >= 0.6 is 0 Å². The van der Waals surface area contributed by atoms with Crippen LogP contribution in [0.5, 0.6) is 0 Å². The molecule has 0 saturated carbocycles. The molecule has 0 saturated heterocycles. The Morgan fingerprint density at radius 3 is 1.00 bits per heavy atom. The predicted molar refractivity (Wildman–Crippen MR) is 14.3 cm³/mol. The number of hydrogen-bond donors (Lipinski definition) is 0. The van der Waals surface area contributed by atoms with Gasteiger partial charge in [-0.25, -0.2) is 0 Å². The van der Waals surface area contributed by atoms with Gasteiger partial charge in [0.25, 0.3) is 0 Å². The molecule has 6 heteroatoms. The van der Waals surface area contributed by atoms with Crippen molar-refractivity contribution in [1.82, 2.24) is 0 Å². The molecule has 0 aromatic heterocycles. The fourth-order valence-electron chi connectivity index (χ4n) is 0. The normalized spacial score (nSPS) is 4.50. The first-order valence-electron chi connectivity index (χ1n) is 0.707. The van der Waals surface area contributed by atoms with Crippen molar-refractivity contribution in [1.29, 1.82) is 0 Å². The molecule has 0 spiro atoms. The van der Waals surface area contributed by atoms with Crippen molar-refractivity contribution < 1.29 is 55.0 Å². The smallest absolute Gasteiger partial charge is 0.907 e. The van der Waals surface area contributed by atoms with Crippen LogP contribution in [-0.4, -0.2) is 45.1 Å². The second-order valence-corrected chi connectivity index (χ2v) is 0.289. The molecule has 0 heterocycles. The van der Waals surface area contributed by atoms with E-state index in [0.29, 0.717) is 0 Å². The van der Waals surface area contributed by atoms with Crippen LogP contribution in [0.4, 0.5) is 0 Å². The first-order chi connectivity index (χ1) is 1.73. The maximum absolute atomic E-state index is 8.42. The molecule has 0 N–H and O–H groups in total. The van der Waals surface area contributed by atoms with Gasteiger partial charge in [-0.3, -0.25) is 7.32 Å². The van der Waals surface area contributed by atoms with E-state index in [1.165, 1.54) is 0 Å². The Morgan fingerprint density at radius 2 is 1.00 bits per heavy atom. The number of rotatable bonds is 0. The molecule has 0 aliphatic rings. The zero-order valence-corrected chi connectivity index (χ0v) is 4.42. The van der Waals surface area contributed by atoms with Crippen LogP contribution in [0.3, 0.4) is 0 Å². The second kappa shape index (κ2) is 10.5. The SMILES string of the molecule is [CaH2].[Gd+3].[O-]B([O-])[O-]. The Bertz CT molecular complexity index is 15.5. The van der Waals surface area contributed by atoms with Crippen LogP contribution in [-0.2, 0) is 0 Å². The second-order valence-electron chi connectivity index (χ2n) is 0.289. The minimum absolute atomic E-state index is 0. The van der Waals surface area contributed by atoms with Crippen molar-refractivity contribution in [2.45, 2.75) is 0 Å². The van der Waals surface area contributed by atoms with E-state index in [1.807, 2.05) is 0 Å². The summed E-state index contributed by atoms with van der Waals surface area (Å²) in [7, 11) is -2.92. The van der Waals surface area contributed by atoms with Gasteiger partial charge >= 0.3 is 77.7 Å². The van der Waals surface area contributed by atoms with E-state index in [9.17, 15) is 0 Å². The van der Waals surface area contributed by atoms with Crippen molar-refractivity contribution in [2.24, 2.45) is 0 Å². The van der Waals surface area contributed by atoms with E-state index in [1.54, 1.807) is 0 Å². The summed E-state index contributed by atoms with van der Waals surface area (Å²) in [5, 5.41) is 25.2. The summed E-state index contributed by atoms with van der Waals surface area (Å²) in [5.74, 6) is 0. The molecule has 0 bridgehead atoms. The van der Waals surface area contributed by atoms with Crippen molar-refractivity contribution in [3.05, 3.63) is 0 Å². The summed E-state index contributed by atoms with van der Waals surface area (Å²) in [6.45, 7) is 0. The molecule has 0 aromatic rings. The van der Waals surface area contributed by atoms with Crippen molar-refractivity contribution in [3.8, 4) is 0 Å². The van der Waals surface area contributed by atoms with Crippen molar-refractivity contribution in [3.63, 3.8) is 0 Å². The Hall–Kier alpha value is 2.53. The molecule has 0 aromatic carbocycles. The maximum Gasteiger partial charge on any atom is 3.00 e. The Kier molecular flexibility index (Phi) is 27.7. The molecule has 0 atom stereocenters. The third kappa shape index (κ3) is 31.2. The van der Waals surface area contributed by atoms with E-state index in [0.717, 1.165) is 0 Å². The topological polar surface area (TPSA) is 69.2 Å². The molecule has 1 radical (unpaired) electrons. The quantitative estimate of drug-likeness (QED) is 0.409. The molecular formula is H2BCaGdO3. The molecule has 0 aliphatic carbocycles. The average Bonchev–Trinajstić information content (AvgIpc) is 0.811. The number of hydrogen-bond acceptors (Lipinski definition) is 3. The van der Waals surface area contributed by atoms with Gasteiger partial charge in [0.15, 0.2) is 0 Å². The van der Waals surface area contributed by atoms with Gasteiger partial charge in [-0.15, -0.1) is 0 Å². The van der Waals surface area contributed by atoms with Gasteiger partial charge in [0.2, 0.25) is 0 Å². The molecule has 6 heavy (non-hydrogen) atoms. The van der Waals surface area contributed by atoms with Crippen LogP contribution in [0, 0.1) is 39.9 Å². The summed E-state index contributed by atoms with van der Waals surface area (Å²) >= 11 is 0. The van der Waals surface area contributed by atoms with Crippen LogP contribution in [0.1, 0.15) is 0 Å². The maximum atomic E-state index is 8.42. The summed E-state index contributed by atoms with van der Waals surface area (Å²) < 4.78 is 0. The minimum atomic E-state index is -2.92. The van der Waals surface area contributed by atoms with E-state index in [2.05, 4.69) is 0 Å². The van der Waals surface area contributed by atoms with Gasteiger partial charge in [-0.2, -0.15) is 0 Å². The Labute approximate surface area is 98.0 Å². The van der Waals surface area contributed by atoms with Gasteiger partial charge in [0.1, 0.15) is 0 Å². The summed E-state index contributed by atoms with van der Waals surface area (Å²) in [5.41, 5.74) is 0. The van der Waals surface area contributed by atoms with Crippen molar-refractivity contribution >= 4 is 45.1 Å². The zero-order valence-electron chi connectivity index (χ0n) is 2.16. The van der Waals surface area contributed by atoms with E-state index < -0.39 is 7.32 Å². The molecule has 0 fully saturated rings. The third-order valence-electron chi connectivity index (χ3n) is 0. The van der Waals surface area contributed by atoms with E-state index in [4.69, 9.17) is 15.1 Å². The molecule has 0 unspecified atom stereocenters. The van der Waals surface area contributed by atoms with Crippen LogP contribution in [0.25, 0.3) is 0 Å². The molecular weight excluding hydrogens is 256 g/mol. The first-order valence-corrected chi connectivity index (χ1v) is 0.707. The van der Waals surface area contributed by atoms with Crippen molar-refractivity contribution in [2.75, 3.05) is 0 Å². The van der Waals surface area contributed by atoms with Crippen LogP contribution < -0.4 is 15.1 Å². The first kappa shape index (κ1) is 15.8. The Balaban J connectivity index is -0.0000000450. The predicted octanol–water partition coefficient (Wildman–Crippen LogP) is -4.86. The summed E-state index contributed by atoms with van der Waals surface area (Å²) in [4.78, 5) is 0. The third-order valence-corrected chi connectivity index (χ3v) is 0. The monoisotopic (exact) mass is 259 g/mol. The fraction of sp³-hybridized carbons (Fsp3) is 0. The van der Waals surface area contributed by atoms with Gasteiger partial charge in [-0.05, 0) is 0 Å². The zero-order chi connectivity index (χ0) is 3.58. The largest absolute Gasteiger partial charge is 3.00 e. The molecule has 0 rings (SSSR count). The summed E-state index contributed by atoms with van der Waals surface area (Å²) in [6, 6.07) is 0. The Morgan fingerprint density at radius 1 is 1.00 bits per heavy atom. The molecule has 33 valence electrons. The fourth-order valence-corrected chi connectivity index (χ4v) is 0.